The number of hydrogen-bond acceptors (Lipinski definition) is 5. The van der Waals surface area contributed by atoms with Gasteiger partial charge in [-0.2, -0.15) is 0 Å². The molecular formula is C16H27N5O5. The van der Waals surface area contributed by atoms with Gasteiger partial charge in [-0.1, -0.05) is 6.42 Å². The lowest BCUT2D eigenvalue weighted by molar-refractivity contribution is -0.137. The summed E-state index contributed by atoms with van der Waals surface area (Å²) in [7, 11) is 0. The highest BCUT2D eigenvalue weighted by Gasteiger charge is 2.47. The largest absolute Gasteiger partial charge is 0.480 e. The van der Waals surface area contributed by atoms with Gasteiger partial charge >= 0.3 is 12.1 Å². The van der Waals surface area contributed by atoms with Crippen LogP contribution >= 0.6 is 0 Å². The van der Waals surface area contributed by atoms with E-state index < -0.39 is 17.7 Å². The number of carboxylic acid groups (broad SMARTS) is 1. The topological polar surface area (TPSA) is 152 Å². The molecule has 1 spiro atoms. The van der Waals surface area contributed by atoms with E-state index in [4.69, 9.17) is 21.3 Å². The van der Waals surface area contributed by atoms with Gasteiger partial charge in [-0.05, 0) is 12.8 Å². The fraction of sp³-hybridized carbons (Fsp3) is 0.750. The molecule has 2 rings (SSSR count). The van der Waals surface area contributed by atoms with Gasteiger partial charge in [0.05, 0.1) is 6.54 Å². The van der Waals surface area contributed by atoms with Gasteiger partial charge in [-0.25, -0.2) is 4.79 Å². The molecule has 5 N–H and O–H groups in total. The third-order valence-electron chi connectivity index (χ3n) is 4.74. The second-order valence-electron chi connectivity index (χ2n) is 6.80. The number of nitrogens with zero attached hydrogens (tertiary/aromatic N) is 3. The number of rotatable bonds is 8. The zero-order valence-corrected chi connectivity index (χ0v) is 14.9. The van der Waals surface area contributed by atoms with Crippen LogP contribution in [0.5, 0.6) is 0 Å². The average Bonchev–Trinajstić information content (AvgIpc) is 2.85. The van der Waals surface area contributed by atoms with E-state index in [1.54, 1.807) is 4.90 Å². The number of unbranched alkanes of at least 4 members (excludes halogenated alkanes) is 2. The molecule has 2 aliphatic heterocycles. The maximum Gasteiger partial charge on any atom is 0.411 e. The summed E-state index contributed by atoms with van der Waals surface area (Å²) in [5, 5.41) is 8.84. The Morgan fingerprint density at radius 2 is 1.88 bits per heavy atom. The molecule has 0 bridgehead atoms. The van der Waals surface area contributed by atoms with E-state index in [9.17, 15) is 14.4 Å². The molecule has 0 aliphatic carbocycles. The molecule has 10 nitrogen and oxygen atoms in total. The van der Waals surface area contributed by atoms with Gasteiger partial charge in [-0.15, -0.1) is 0 Å². The number of likely N-dealkylation sites (tertiary alicyclic amines) is 1. The van der Waals surface area contributed by atoms with E-state index in [-0.39, 0.29) is 25.0 Å². The van der Waals surface area contributed by atoms with E-state index in [1.807, 2.05) is 0 Å². The molecule has 0 unspecified atom stereocenters. The van der Waals surface area contributed by atoms with Crippen molar-refractivity contribution >= 4 is 23.9 Å². The van der Waals surface area contributed by atoms with Gasteiger partial charge in [0.15, 0.2) is 5.96 Å². The summed E-state index contributed by atoms with van der Waals surface area (Å²) >= 11 is 0. The standard InChI is InChI=1S/C16H27N5O5/c17-14(18)19-7-3-1-2-4-12(22)20-8-5-16(6-9-20)11-21(10-13(23)24)15(25)26-16/h1-11H2,(H,23,24)(H4,17,18,19). The second kappa shape index (κ2) is 8.72. The van der Waals surface area contributed by atoms with Crippen molar-refractivity contribution in [2.45, 2.75) is 44.1 Å². The van der Waals surface area contributed by atoms with Crippen LogP contribution in [0.25, 0.3) is 0 Å². The van der Waals surface area contributed by atoms with Crippen LogP contribution in [0.3, 0.4) is 0 Å². The predicted octanol–water partition coefficient (Wildman–Crippen LogP) is -0.282. The highest BCUT2D eigenvalue weighted by molar-refractivity contribution is 5.79. The van der Waals surface area contributed by atoms with E-state index in [0.717, 1.165) is 19.3 Å². The maximum atomic E-state index is 12.3. The van der Waals surface area contributed by atoms with Crippen LogP contribution in [-0.2, 0) is 14.3 Å². The number of carbonyl (C=O) groups excluding carboxylic acids is 2. The van der Waals surface area contributed by atoms with Gasteiger partial charge in [0.1, 0.15) is 12.1 Å². The molecule has 2 fully saturated rings. The average molecular weight is 369 g/mol. The smallest absolute Gasteiger partial charge is 0.411 e. The minimum Gasteiger partial charge on any atom is -0.480 e. The molecule has 0 saturated carbocycles. The highest BCUT2D eigenvalue weighted by Crippen LogP contribution is 2.33. The molecule has 0 aromatic rings. The van der Waals surface area contributed by atoms with Crippen molar-refractivity contribution < 1.29 is 24.2 Å². The molecule has 26 heavy (non-hydrogen) atoms. The van der Waals surface area contributed by atoms with Crippen LogP contribution < -0.4 is 11.5 Å². The molecule has 2 aliphatic rings. The summed E-state index contributed by atoms with van der Waals surface area (Å²) in [5.74, 6) is -0.891. The van der Waals surface area contributed by atoms with Gasteiger partial charge < -0.3 is 26.2 Å². The van der Waals surface area contributed by atoms with Crippen molar-refractivity contribution in [3.8, 4) is 0 Å². The first kappa shape index (κ1) is 19.8. The predicted molar refractivity (Wildman–Crippen MR) is 93.4 cm³/mol. The third-order valence-corrected chi connectivity index (χ3v) is 4.74. The number of hydrogen-bond donors (Lipinski definition) is 3. The Bertz CT molecular complexity index is 567. The molecule has 146 valence electrons. The van der Waals surface area contributed by atoms with Crippen LogP contribution in [0.4, 0.5) is 4.79 Å². The molecule has 0 aromatic carbocycles. The van der Waals surface area contributed by atoms with Crippen LogP contribution in [0.1, 0.15) is 38.5 Å². The molecular weight excluding hydrogens is 342 g/mol. The summed E-state index contributed by atoms with van der Waals surface area (Å²) in [4.78, 5) is 41.8. The summed E-state index contributed by atoms with van der Waals surface area (Å²) in [6.07, 6.45) is 3.44. The van der Waals surface area contributed by atoms with Gasteiger partial charge in [0.2, 0.25) is 5.91 Å². The van der Waals surface area contributed by atoms with E-state index in [0.29, 0.717) is 38.9 Å². The summed E-state index contributed by atoms with van der Waals surface area (Å²) in [6.45, 7) is 1.51. The van der Waals surface area contributed by atoms with E-state index in [1.165, 1.54) is 4.90 Å². The molecule has 2 saturated heterocycles. The Kier molecular flexibility index (Phi) is 6.64. The number of carbonyl (C=O) groups is 3. The number of guanidine groups is 1. The maximum absolute atomic E-state index is 12.3. The zero-order valence-electron chi connectivity index (χ0n) is 14.9. The van der Waals surface area contributed by atoms with Crippen molar-refractivity contribution in [3.05, 3.63) is 0 Å². The molecule has 0 aromatic heterocycles. The zero-order chi connectivity index (χ0) is 19.2. The Morgan fingerprint density at radius 1 is 1.19 bits per heavy atom. The van der Waals surface area contributed by atoms with Gasteiger partial charge in [0.25, 0.3) is 0 Å². The minimum absolute atomic E-state index is 0.0813. The lowest BCUT2D eigenvalue weighted by Gasteiger charge is -2.37. The third kappa shape index (κ3) is 5.50. The molecule has 0 radical (unpaired) electrons. The number of ether oxygens (including phenoxy) is 1. The highest BCUT2D eigenvalue weighted by atomic mass is 16.6. The normalized spacial score (nSPS) is 18.7. The Labute approximate surface area is 152 Å². The van der Waals surface area contributed by atoms with Crippen LogP contribution in [0.2, 0.25) is 0 Å². The van der Waals surface area contributed by atoms with Gasteiger partial charge in [0, 0.05) is 38.9 Å². The van der Waals surface area contributed by atoms with Crippen molar-refractivity contribution in [2.75, 3.05) is 32.7 Å². The lowest BCUT2D eigenvalue weighted by atomic mass is 9.91. The summed E-state index contributed by atoms with van der Waals surface area (Å²) in [6, 6.07) is 0. The van der Waals surface area contributed by atoms with Crippen LogP contribution in [0, 0.1) is 0 Å². The van der Waals surface area contributed by atoms with Crippen LogP contribution in [0.15, 0.2) is 4.99 Å². The number of nitrogens with two attached hydrogens (primary N) is 2. The SMILES string of the molecule is NC(N)=NCCCCCC(=O)N1CCC2(CC1)CN(CC(=O)O)C(=O)O2. The molecule has 10 heteroatoms. The first-order valence-corrected chi connectivity index (χ1v) is 8.84. The number of piperidine rings is 1. The number of aliphatic imine (C=N–C) groups is 1. The van der Waals surface area contributed by atoms with E-state index >= 15 is 0 Å². The van der Waals surface area contributed by atoms with Crippen LogP contribution in [-0.4, -0.2) is 77.2 Å². The second-order valence-corrected chi connectivity index (χ2v) is 6.80. The molecule has 0 atom stereocenters. The van der Waals surface area contributed by atoms with Crippen molar-refractivity contribution in [3.63, 3.8) is 0 Å². The fourth-order valence-electron chi connectivity index (χ4n) is 3.33. The Morgan fingerprint density at radius 3 is 2.50 bits per heavy atom. The Balaban J connectivity index is 1.69. The lowest BCUT2D eigenvalue weighted by Crippen LogP contribution is -2.48. The molecule has 2 heterocycles. The Hall–Kier alpha value is -2.52. The number of aliphatic carboxylic acids is 1. The number of carboxylic acids is 1. The first-order chi connectivity index (χ1) is 12.3. The quantitative estimate of drug-likeness (QED) is 0.302. The minimum atomic E-state index is -1.06. The summed E-state index contributed by atoms with van der Waals surface area (Å²) < 4.78 is 5.43. The van der Waals surface area contributed by atoms with Crippen molar-refractivity contribution in [1.82, 2.24) is 9.80 Å². The number of amides is 2. The van der Waals surface area contributed by atoms with Crippen molar-refractivity contribution in [1.29, 1.82) is 0 Å². The van der Waals surface area contributed by atoms with Gasteiger partial charge in [-0.3, -0.25) is 19.5 Å². The summed E-state index contributed by atoms with van der Waals surface area (Å²) in [5.41, 5.74) is 9.83. The fourth-order valence-corrected chi connectivity index (χ4v) is 3.33. The van der Waals surface area contributed by atoms with E-state index in [2.05, 4.69) is 4.99 Å². The monoisotopic (exact) mass is 369 g/mol. The first-order valence-electron chi connectivity index (χ1n) is 8.84. The van der Waals surface area contributed by atoms with Crippen molar-refractivity contribution in [2.24, 2.45) is 16.5 Å². The molecule has 2 amide bonds.